The third kappa shape index (κ3) is 7.34. The fraction of sp³-hybridized carbons (Fsp3) is 0.500. The smallest absolute Gasteiger partial charge is 0.243 e. The highest BCUT2D eigenvalue weighted by Crippen LogP contribution is 2.33. The zero-order valence-corrected chi connectivity index (χ0v) is 22.7. The summed E-state index contributed by atoms with van der Waals surface area (Å²) >= 11 is 0. The minimum absolute atomic E-state index is 0.114. The highest BCUT2D eigenvalue weighted by Gasteiger charge is 2.39. The van der Waals surface area contributed by atoms with Crippen molar-refractivity contribution in [1.29, 1.82) is 0 Å². The molecule has 2 aromatic rings. The molecule has 1 saturated carbocycles. The third-order valence-corrected chi connectivity index (χ3v) is 7.44. The second kappa shape index (κ2) is 12.9. The normalized spacial score (nSPS) is 24.3. The molecule has 4 rings (SSSR count). The second-order valence-electron chi connectivity index (χ2n) is 10.5. The summed E-state index contributed by atoms with van der Waals surface area (Å²) in [5.74, 6) is 0.395. The molecule has 0 bridgehead atoms. The van der Waals surface area contributed by atoms with Crippen LogP contribution in [-0.2, 0) is 27.2 Å². The van der Waals surface area contributed by atoms with E-state index >= 15 is 0 Å². The van der Waals surface area contributed by atoms with Crippen molar-refractivity contribution in [2.75, 3.05) is 26.7 Å². The van der Waals surface area contributed by atoms with Gasteiger partial charge in [0.05, 0.1) is 6.04 Å². The zero-order valence-electron chi connectivity index (χ0n) is 22.7. The van der Waals surface area contributed by atoms with E-state index in [4.69, 9.17) is 4.74 Å². The number of ether oxygens (including phenoxy) is 1. The van der Waals surface area contributed by atoms with Gasteiger partial charge in [-0.3, -0.25) is 14.4 Å². The largest absolute Gasteiger partial charge is 0.492 e. The van der Waals surface area contributed by atoms with Crippen molar-refractivity contribution in [2.24, 2.45) is 5.92 Å². The number of hydrogen-bond acceptors (Lipinski definition) is 5. The van der Waals surface area contributed by atoms with Crippen molar-refractivity contribution >= 4 is 17.7 Å². The van der Waals surface area contributed by atoms with Gasteiger partial charge in [-0.25, -0.2) is 0 Å². The Morgan fingerprint density at radius 1 is 1.00 bits per heavy atom. The van der Waals surface area contributed by atoms with E-state index in [0.717, 1.165) is 48.1 Å². The highest BCUT2D eigenvalue weighted by atomic mass is 16.5. The molecule has 0 aromatic heterocycles. The molecular weight excluding hydrogens is 480 g/mol. The molecular formula is C30H40N4O4. The topological polar surface area (TPSA) is 99.8 Å². The predicted octanol–water partition coefficient (Wildman–Crippen LogP) is 2.38. The van der Waals surface area contributed by atoms with Crippen molar-refractivity contribution in [3.8, 4) is 5.75 Å². The molecule has 0 unspecified atom stereocenters. The summed E-state index contributed by atoms with van der Waals surface area (Å²) in [6, 6.07) is 14.0. The molecule has 8 nitrogen and oxygen atoms in total. The predicted molar refractivity (Wildman–Crippen MR) is 147 cm³/mol. The van der Waals surface area contributed by atoms with E-state index in [2.05, 4.69) is 16.0 Å². The van der Waals surface area contributed by atoms with Crippen LogP contribution in [0.3, 0.4) is 0 Å². The number of benzene rings is 2. The molecule has 0 saturated heterocycles. The van der Waals surface area contributed by atoms with E-state index in [9.17, 15) is 14.4 Å². The Kier molecular flexibility index (Phi) is 9.39. The maximum atomic E-state index is 13.4. The van der Waals surface area contributed by atoms with Gasteiger partial charge in [-0.05, 0) is 62.6 Å². The van der Waals surface area contributed by atoms with Crippen LogP contribution in [-0.4, -0.2) is 67.5 Å². The first kappa shape index (κ1) is 27.6. The molecule has 0 spiro atoms. The lowest BCUT2D eigenvalue weighted by atomic mass is 10.0. The number of likely N-dealkylation sites (N-methyl/N-ethyl adjacent to an activating group) is 1. The summed E-state index contributed by atoms with van der Waals surface area (Å²) in [6.07, 6.45) is 3.84. The van der Waals surface area contributed by atoms with E-state index in [0.29, 0.717) is 26.1 Å². The molecule has 8 heteroatoms. The Balaban J connectivity index is 1.55. The lowest BCUT2D eigenvalue weighted by molar-refractivity contribution is -0.141. The maximum Gasteiger partial charge on any atom is 0.243 e. The molecule has 204 valence electrons. The fourth-order valence-electron chi connectivity index (χ4n) is 4.89. The van der Waals surface area contributed by atoms with Gasteiger partial charge in [0.2, 0.25) is 17.7 Å². The first-order valence-corrected chi connectivity index (χ1v) is 13.7. The Labute approximate surface area is 225 Å². The van der Waals surface area contributed by atoms with Gasteiger partial charge in [-0.1, -0.05) is 48.0 Å². The van der Waals surface area contributed by atoms with Crippen molar-refractivity contribution in [3.05, 3.63) is 65.2 Å². The summed E-state index contributed by atoms with van der Waals surface area (Å²) in [5.41, 5.74) is 3.14. The third-order valence-electron chi connectivity index (χ3n) is 7.44. The number of fused-ring (bicyclic) bond motifs is 1. The van der Waals surface area contributed by atoms with Crippen molar-refractivity contribution in [2.45, 2.75) is 64.1 Å². The molecule has 2 aromatic carbocycles. The van der Waals surface area contributed by atoms with Crippen LogP contribution in [0.4, 0.5) is 0 Å². The van der Waals surface area contributed by atoms with E-state index < -0.39 is 12.1 Å². The number of nitrogens with one attached hydrogen (secondary N) is 3. The minimum Gasteiger partial charge on any atom is -0.492 e. The van der Waals surface area contributed by atoms with Crippen LogP contribution < -0.4 is 20.7 Å². The quantitative estimate of drug-likeness (QED) is 0.577. The Morgan fingerprint density at radius 3 is 2.55 bits per heavy atom. The van der Waals surface area contributed by atoms with E-state index in [1.165, 1.54) is 4.90 Å². The highest BCUT2D eigenvalue weighted by molar-refractivity contribution is 5.93. The Bertz CT molecular complexity index is 1130. The number of carbonyl (C=O) groups excluding carboxylic acids is 3. The fourth-order valence-corrected chi connectivity index (χ4v) is 4.89. The molecule has 0 radical (unpaired) electrons. The molecule has 3 N–H and O–H groups in total. The average molecular weight is 521 g/mol. The number of rotatable bonds is 3. The summed E-state index contributed by atoms with van der Waals surface area (Å²) < 4.78 is 6.06. The first-order chi connectivity index (χ1) is 18.3. The SMILES string of the molecule is Cc1cccc(C[C@H]2NC(=O)[C@@H](C)N(C)C(=O)[C@H](C3CC3)NCCOc3ccccc3CCCNC2=O)c1. The van der Waals surface area contributed by atoms with E-state index in [1.807, 2.05) is 55.5 Å². The molecule has 1 fully saturated rings. The summed E-state index contributed by atoms with van der Waals surface area (Å²) in [6.45, 7) is 5.15. The molecule has 1 aliphatic heterocycles. The van der Waals surface area contributed by atoms with Crippen molar-refractivity contribution in [1.82, 2.24) is 20.9 Å². The van der Waals surface area contributed by atoms with Crippen LogP contribution in [0.2, 0.25) is 0 Å². The Morgan fingerprint density at radius 2 is 1.79 bits per heavy atom. The summed E-state index contributed by atoms with van der Waals surface area (Å²) in [4.78, 5) is 41.4. The summed E-state index contributed by atoms with van der Waals surface area (Å²) in [5, 5.41) is 9.31. The van der Waals surface area contributed by atoms with Crippen LogP contribution in [0, 0.1) is 12.8 Å². The maximum absolute atomic E-state index is 13.4. The van der Waals surface area contributed by atoms with Gasteiger partial charge in [0.25, 0.3) is 0 Å². The average Bonchev–Trinajstić information content (AvgIpc) is 3.75. The Hall–Kier alpha value is -3.39. The number of nitrogens with zero attached hydrogens (tertiary/aromatic N) is 1. The van der Waals surface area contributed by atoms with Gasteiger partial charge in [-0.2, -0.15) is 0 Å². The number of amides is 3. The van der Waals surface area contributed by atoms with Crippen LogP contribution >= 0.6 is 0 Å². The first-order valence-electron chi connectivity index (χ1n) is 13.7. The standard InChI is InChI=1S/C30H40N4O4/c1-20-8-6-9-22(18-20)19-25-29(36)32-15-7-11-23-10-4-5-12-26(23)38-17-16-31-27(24-13-14-24)30(37)34(3)21(2)28(35)33-25/h4-6,8-10,12,18,21,24-25,27,31H,7,11,13-17,19H2,1-3H3,(H,32,36)(H,33,35)/t21-,25-,27+/m1/s1. The molecule has 38 heavy (non-hydrogen) atoms. The summed E-state index contributed by atoms with van der Waals surface area (Å²) in [7, 11) is 1.66. The number of aryl methyl sites for hydroxylation is 2. The van der Waals surface area contributed by atoms with Crippen LogP contribution in [0.15, 0.2) is 48.5 Å². The van der Waals surface area contributed by atoms with Crippen LogP contribution in [0.1, 0.15) is 42.9 Å². The molecule has 1 aliphatic carbocycles. The lowest BCUT2D eigenvalue weighted by Gasteiger charge is -2.30. The number of hydrogen-bond donors (Lipinski definition) is 3. The molecule has 3 atom stereocenters. The monoisotopic (exact) mass is 520 g/mol. The van der Waals surface area contributed by atoms with Crippen molar-refractivity contribution < 1.29 is 19.1 Å². The molecule has 1 heterocycles. The minimum atomic E-state index is -0.748. The van der Waals surface area contributed by atoms with Gasteiger partial charge < -0.3 is 25.6 Å². The van der Waals surface area contributed by atoms with E-state index in [-0.39, 0.29) is 29.7 Å². The van der Waals surface area contributed by atoms with Gasteiger partial charge in [0, 0.05) is 26.6 Å². The number of para-hydroxylation sites is 1. The van der Waals surface area contributed by atoms with E-state index in [1.54, 1.807) is 14.0 Å². The molecule has 2 aliphatic rings. The van der Waals surface area contributed by atoms with Gasteiger partial charge in [0.15, 0.2) is 0 Å². The molecule has 3 amide bonds. The van der Waals surface area contributed by atoms with Crippen LogP contribution in [0.25, 0.3) is 0 Å². The van der Waals surface area contributed by atoms with Gasteiger partial charge in [0.1, 0.15) is 24.4 Å². The van der Waals surface area contributed by atoms with Crippen molar-refractivity contribution in [3.63, 3.8) is 0 Å². The van der Waals surface area contributed by atoms with Gasteiger partial charge in [-0.15, -0.1) is 0 Å². The van der Waals surface area contributed by atoms with Gasteiger partial charge >= 0.3 is 0 Å². The number of carbonyl (C=O) groups is 3. The van der Waals surface area contributed by atoms with Crippen LogP contribution in [0.5, 0.6) is 5.75 Å². The zero-order chi connectivity index (χ0) is 27.1. The lowest BCUT2D eigenvalue weighted by Crippen LogP contribution is -2.56. The second-order valence-corrected chi connectivity index (χ2v) is 10.5.